The fraction of sp³-hybridized carbons (Fsp3) is 0.357. The molecule has 0 radical (unpaired) electrons. The van der Waals surface area contributed by atoms with Crippen molar-refractivity contribution in [3.8, 4) is 0 Å². The monoisotopic (exact) mass is 365 g/mol. The molecule has 0 amide bonds. The molecule has 1 aliphatic rings. The van der Waals surface area contributed by atoms with E-state index in [2.05, 4.69) is 20.1 Å². The summed E-state index contributed by atoms with van der Waals surface area (Å²) >= 11 is 0. The van der Waals surface area contributed by atoms with Crippen LogP contribution < -0.4 is 5.69 Å². The first-order valence-corrected chi connectivity index (χ1v) is 8.97. The molecule has 1 atom stereocenters. The zero-order chi connectivity index (χ0) is 17.8. The van der Waals surface area contributed by atoms with Gasteiger partial charge in [0.1, 0.15) is 0 Å². The Morgan fingerprint density at radius 1 is 1.32 bits per heavy atom. The standard InChI is InChI=1S/C14H15N5O5S/c1-8-15-12(24-18-8)14(21)4-5-19(7-14)25(22,23)9-2-3-10-11(6-9)17-13(20)16-10/h2-3,6,21H,4-5,7H2,1H3,(H2,16,17,20)/t14-/m1/s1. The Bertz CT molecular complexity index is 1110. The van der Waals surface area contributed by atoms with E-state index in [0.717, 1.165) is 0 Å². The first-order valence-electron chi connectivity index (χ1n) is 7.53. The van der Waals surface area contributed by atoms with Crippen molar-refractivity contribution in [1.29, 1.82) is 0 Å². The van der Waals surface area contributed by atoms with E-state index in [-0.39, 0.29) is 30.3 Å². The number of sulfonamides is 1. The number of β-amino-alcohol motifs (C(OH)–C–C–N with tert-alkyl or cyclic N) is 1. The van der Waals surface area contributed by atoms with E-state index in [0.29, 0.717) is 16.9 Å². The molecular weight excluding hydrogens is 350 g/mol. The molecule has 1 aliphatic heterocycles. The lowest BCUT2D eigenvalue weighted by Crippen LogP contribution is -2.34. The van der Waals surface area contributed by atoms with Gasteiger partial charge in [-0.1, -0.05) is 5.16 Å². The zero-order valence-corrected chi connectivity index (χ0v) is 14.0. The lowest BCUT2D eigenvalue weighted by molar-refractivity contribution is 0.0194. The number of aryl methyl sites for hydroxylation is 1. The third-order valence-corrected chi connectivity index (χ3v) is 6.10. The van der Waals surface area contributed by atoms with Gasteiger partial charge in [-0.15, -0.1) is 0 Å². The Balaban J connectivity index is 1.67. The minimum Gasteiger partial charge on any atom is -0.379 e. The number of benzene rings is 1. The Kier molecular flexibility index (Phi) is 3.36. The smallest absolute Gasteiger partial charge is 0.323 e. The fourth-order valence-corrected chi connectivity index (χ4v) is 4.47. The van der Waals surface area contributed by atoms with Crippen LogP contribution in [0.15, 0.2) is 32.4 Å². The summed E-state index contributed by atoms with van der Waals surface area (Å²) in [7, 11) is -3.85. The largest absolute Gasteiger partial charge is 0.379 e. The van der Waals surface area contributed by atoms with Crippen LogP contribution in [0.1, 0.15) is 18.1 Å². The Morgan fingerprint density at radius 3 is 2.80 bits per heavy atom. The number of rotatable bonds is 3. The second-order valence-electron chi connectivity index (χ2n) is 6.05. The van der Waals surface area contributed by atoms with Crippen molar-refractivity contribution >= 4 is 21.1 Å². The predicted molar refractivity (Wildman–Crippen MR) is 85.2 cm³/mol. The van der Waals surface area contributed by atoms with Crippen LogP contribution in [0.25, 0.3) is 11.0 Å². The van der Waals surface area contributed by atoms with E-state index in [4.69, 9.17) is 4.52 Å². The van der Waals surface area contributed by atoms with Crippen molar-refractivity contribution in [1.82, 2.24) is 24.4 Å². The van der Waals surface area contributed by atoms with Crippen molar-refractivity contribution < 1.29 is 18.0 Å². The van der Waals surface area contributed by atoms with E-state index in [1.807, 2.05) is 0 Å². The maximum Gasteiger partial charge on any atom is 0.323 e. The highest BCUT2D eigenvalue weighted by atomic mass is 32.2. The number of nitrogens with zero attached hydrogens (tertiary/aromatic N) is 3. The highest BCUT2D eigenvalue weighted by molar-refractivity contribution is 7.89. The van der Waals surface area contributed by atoms with Gasteiger partial charge < -0.3 is 19.6 Å². The number of aromatic nitrogens is 4. The third-order valence-electron chi connectivity index (χ3n) is 4.26. The first kappa shape index (κ1) is 16.0. The van der Waals surface area contributed by atoms with E-state index < -0.39 is 21.3 Å². The van der Waals surface area contributed by atoms with E-state index in [9.17, 15) is 18.3 Å². The summed E-state index contributed by atoms with van der Waals surface area (Å²) in [5.74, 6) is 0.375. The van der Waals surface area contributed by atoms with Crippen molar-refractivity contribution in [2.24, 2.45) is 0 Å². The summed E-state index contributed by atoms with van der Waals surface area (Å²) in [4.78, 5) is 20.4. The summed E-state index contributed by atoms with van der Waals surface area (Å²) < 4.78 is 31.9. The molecule has 0 aliphatic carbocycles. The molecule has 11 heteroatoms. The molecule has 1 saturated heterocycles. The van der Waals surface area contributed by atoms with Crippen molar-refractivity contribution in [2.45, 2.75) is 23.8 Å². The van der Waals surface area contributed by atoms with Crippen LogP contribution in [0, 0.1) is 6.92 Å². The van der Waals surface area contributed by atoms with Crippen LogP contribution >= 0.6 is 0 Å². The summed E-state index contributed by atoms with van der Waals surface area (Å²) in [5.41, 5.74) is -1.01. The number of aromatic amines is 2. The van der Waals surface area contributed by atoms with Gasteiger partial charge in [0, 0.05) is 13.0 Å². The zero-order valence-electron chi connectivity index (χ0n) is 13.2. The van der Waals surface area contributed by atoms with Crippen LogP contribution in [0.3, 0.4) is 0 Å². The first-order chi connectivity index (χ1) is 11.8. The van der Waals surface area contributed by atoms with Gasteiger partial charge in [-0.3, -0.25) is 0 Å². The minimum absolute atomic E-state index is 0.00752. The maximum absolute atomic E-state index is 12.9. The molecule has 0 saturated carbocycles. The molecule has 1 fully saturated rings. The number of aliphatic hydroxyl groups is 1. The molecule has 0 unspecified atom stereocenters. The quantitative estimate of drug-likeness (QED) is 0.584. The predicted octanol–water partition coefficient (Wildman–Crippen LogP) is -0.170. The van der Waals surface area contributed by atoms with Gasteiger partial charge in [0.2, 0.25) is 10.0 Å². The molecule has 3 aromatic rings. The van der Waals surface area contributed by atoms with Crippen LogP contribution in [-0.2, 0) is 15.6 Å². The lowest BCUT2D eigenvalue weighted by atomic mass is 10.0. The molecule has 1 aromatic carbocycles. The third kappa shape index (κ3) is 2.56. The SMILES string of the molecule is Cc1noc([C@@]2(O)CCN(S(=O)(=O)c3ccc4[nH]c(=O)[nH]c4c3)C2)n1. The number of hydrogen-bond acceptors (Lipinski definition) is 7. The average Bonchev–Trinajstić information content (AvgIpc) is 3.24. The second kappa shape index (κ2) is 5.25. The number of imidazole rings is 1. The van der Waals surface area contributed by atoms with Gasteiger partial charge in [0.15, 0.2) is 11.4 Å². The van der Waals surface area contributed by atoms with Crippen LogP contribution in [0.5, 0.6) is 0 Å². The van der Waals surface area contributed by atoms with E-state index in [1.165, 1.54) is 22.5 Å². The van der Waals surface area contributed by atoms with Gasteiger partial charge in [-0.25, -0.2) is 13.2 Å². The fourth-order valence-electron chi connectivity index (χ4n) is 2.95. The number of H-pyrrole nitrogens is 2. The number of fused-ring (bicyclic) bond motifs is 1. The highest BCUT2D eigenvalue weighted by Gasteiger charge is 2.46. The molecule has 3 heterocycles. The summed E-state index contributed by atoms with van der Waals surface area (Å²) in [6.45, 7) is 1.55. The molecule has 0 spiro atoms. The highest BCUT2D eigenvalue weighted by Crippen LogP contribution is 2.34. The summed E-state index contributed by atoms with van der Waals surface area (Å²) in [5, 5.41) is 14.3. The maximum atomic E-state index is 12.9. The molecule has 25 heavy (non-hydrogen) atoms. The molecule has 3 N–H and O–H groups in total. The van der Waals surface area contributed by atoms with Gasteiger partial charge in [-0.2, -0.15) is 9.29 Å². The molecule has 4 rings (SSSR count). The Labute approximate surface area is 141 Å². The van der Waals surface area contributed by atoms with Gasteiger partial charge in [0.25, 0.3) is 5.89 Å². The van der Waals surface area contributed by atoms with Crippen LogP contribution in [0.2, 0.25) is 0 Å². The lowest BCUT2D eigenvalue weighted by Gasteiger charge is -2.19. The normalized spacial score (nSPS) is 22.0. The molecule has 2 aromatic heterocycles. The summed E-state index contributed by atoms with van der Waals surface area (Å²) in [6.07, 6.45) is 0.150. The second-order valence-corrected chi connectivity index (χ2v) is 7.99. The van der Waals surface area contributed by atoms with Crippen molar-refractivity contribution in [3.63, 3.8) is 0 Å². The van der Waals surface area contributed by atoms with Crippen molar-refractivity contribution in [2.75, 3.05) is 13.1 Å². The topological polar surface area (TPSA) is 145 Å². The number of hydrogen-bond donors (Lipinski definition) is 3. The van der Waals surface area contributed by atoms with E-state index >= 15 is 0 Å². The van der Waals surface area contributed by atoms with Crippen LogP contribution in [0.4, 0.5) is 0 Å². The Morgan fingerprint density at radius 2 is 2.08 bits per heavy atom. The average molecular weight is 365 g/mol. The van der Waals surface area contributed by atoms with Crippen LogP contribution in [-0.4, -0.2) is 51.0 Å². The molecular formula is C14H15N5O5S. The van der Waals surface area contributed by atoms with Gasteiger partial charge >= 0.3 is 5.69 Å². The minimum atomic E-state index is -3.85. The molecule has 132 valence electrons. The van der Waals surface area contributed by atoms with Gasteiger partial charge in [-0.05, 0) is 25.1 Å². The molecule has 0 bridgehead atoms. The number of nitrogens with one attached hydrogen (secondary N) is 2. The van der Waals surface area contributed by atoms with Crippen molar-refractivity contribution in [3.05, 3.63) is 40.4 Å². The van der Waals surface area contributed by atoms with Gasteiger partial charge in [0.05, 0.1) is 22.5 Å². The summed E-state index contributed by atoms with van der Waals surface area (Å²) in [6, 6.07) is 4.32. The molecule has 10 nitrogen and oxygen atoms in total. The van der Waals surface area contributed by atoms with E-state index in [1.54, 1.807) is 6.92 Å². The Hall–Kier alpha value is -2.50.